The topological polar surface area (TPSA) is 368 Å². The first-order chi connectivity index (χ1) is 27.7. The Morgan fingerprint density at radius 2 is 1.36 bits per heavy atom. The van der Waals surface area contributed by atoms with E-state index in [0.29, 0.717) is 6.54 Å². The highest BCUT2D eigenvalue weighted by molar-refractivity contribution is 5.80. The Labute approximate surface area is 335 Å². The Bertz CT molecular complexity index is 1400. The minimum absolute atomic E-state index is 0.00549. The number of alkyl halides is 1. The van der Waals surface area contributed by atoms with Gasteiger partial charge >= 0.3 is 0 Å². The molecule has 5 rings (SSSR count). The van der Waals surface area contributed by atoms with E-state index in [2.05, 4.69) is 10.6 Å². The molecule has 58 heavy (non-hydrogen) atoms. The van der Waals surface area contributed by atoms with Gasteiger partial charge in [0.15, 0.2) is 18.9 Å². The highest BCUT2D eigenvalue weighted by Crippen LogP contribution is 2.35. The van der Waals surface area contributed by atoms with E-state index in [-0.39, 0.29) is 32.5 Å². The molecule has 1 saturated carbocycles. The van der Waals surface area contributed by atoms with Crippen LogP contribution in [-0.2, 0) is 39.6 Å². The van der Waals surface area contributed by atoms with Crippen molar-refractivity contribution in [1.82, 2.24) is 10.6 Å². The van der Waals surface area contributed by atoms with Crippen molar-refractivity contribution in [2.24, 2.45) is 28.7 Å². The van der Waals surface area contributed by atoms with Crippen LogP contribution in [0, 0.1) is 0 Å². The van der Waals surface area contributed by atoms with Crippen molar-refractivity contribution < 1.29 is 73.4 Å². The molecule has 4 aliphatic rings. The zero-order valence-corrected chi connectivity index (χ0v) is 32.1. The number of aliphatic hydroxyl groups excluding tert-OH is 7. The van der Waals surface area contributed by atoms with E-state index in [1.54, 1.807) is 0 Å². The number of rotatable bonds is 18. The number of benzene rings is 1. The molecule has 22 heteroatoms. The number of aliphatic hydroxyl groups is 7. The van der Waals surface area contributed by atoms with Crippen LogP contribution in [0.2, 0.25) is 0 Å². The molecular weight excluding hydrogens is 773 g/mol. The molecule has 0 unspecified atom stereocenters. The lowest BCUT2D eigenvalue weighted by Crippen LogP contribution is -2.69. The zero-order valence-electron chi connectivity index (χ0n) is 32.1. The van der Waals surface area contributed by atoms with Gasteiger partial charge in [-0.25, -0.2) is 4.39 Å². The summed E-state index contributed by atoms with van der Waals surface area (Å²) in [5, 5.41) is 81.6. The number of carbonyl (C=O) groups excluding carboxylic acids is 1. The summed E-state index contributed by atoms with van der Waals surface area (Å²) in [6, 6.07) is 4.94. The lowest BCUT2D eigenvalue weighted by atomic mass is 9.83. The fourth-order valence-electron chi connectivity index (χ4n) is 7.68. The quantitative estimate of drug-likeness (QED) is 0.0611. The normalized spacial score (nSPS) is 42.6. The second-order valence-electron chi connectivity index (χ2n) is 15.3. The third kappa shape index (κ3) is 11.0. The van der Waals surface area contributed by atoms with E-state index in [9.17, 15) is 44.9 Å². The fraction of sp³-hybridized carbons (Fsp3) is 0.806. The van der Waals surface area contributed by atoms with Gasteiger partial charge < -0.3 is 103 Å². The maximum atomic E-state index is 14.4. The minimum Gasteiger partial charge on any atom is -0.388 e. The summed E-state index contributed by atoms with van der Waals surface area (Å²) in [6.07, 6.45) is -22.3. The Hall–Kier alpha value is -2.14. The second-order valence-corrected chi connectivity index (χ2v) is 15.3. The fourth-order valence-corrected chi connectivity index (χ4v) is 7.68. The van der Waals surface area contributed by atoms with Crippen molar-refractivity contribution in [3.63, 3.8) is 0 Å². The summed E-state index contributed by atoms with van der Waals surface area (Å²) >= 11 is 0. The summed E-state index contributed by atoms with van der Waals surface area (Å²) in [6.45, 7) is -0.796. The van der Waals surface area contributed by atoms with Gasteiger partial charge in [-0.1, -0.05) is 30.3 Å². The largest absolute Gasteiger partial charge is 0.388 e. The van der Waals surface area contributed by atoms with E-state index < -0.39 is 135 Å². The number of hydrogen-bond donors (Lipinski definition) is 14. The number of hydrogen-bond acceptors (Lipinski definition) is 20. The van der Waals surface area contributed by atoms with Crippen molar-refractivity contribution in [3.05, 3.63) is 35.9 Å². The molecule has 21 nitrogen and oxygen atoms in total. The molecular formula is C36H62FN7O14. The standard InChI is InChI=1S/C36H62FN7O14/c37-12-19-31(57-34-22(41)27(49)25(47)20(13-39)54-34)29(51)36(53-19)58-32-24(46)17(44-33(52)18(45)8-9-38)11-16(40)30(32)56-35-23(42)28(50)26(48)21(55-35)14-43-10-4-7-15-5-2-1-3-6-15/h1-3,5-6,16-32,34-36,43,45-51H,4,7-14,38-42H2,(H,44,52)/t16-,17+,18-,19+,20-,21+,22+,23+,24-,25+,26+,27+,28+,29+,30+,31+,32+,34+,35+,36-/m0/s1. The molecule has 3 saturated heterocycles. The van der Waals surface area contributed by atoms with Crippen molar-refractivity contribution in [3.8, 4) is 0 Å². The summed E-state index contributed by atoms with van der Waals surface area (Å²) < 4.78 is 49.9. The molecule has 0 bridgehead atoms. The van der Waals surface area contributed by atoms with Gasteiger partial charge in [0, 0.05) is 19.1 Å². The molecule has 3 aliphatic heterocycles. The number of nitrogens with one attached hydrogen (secondary N) is 2. The van der Waals surface area contributed by atoms with Crippen LogP contribution >= 0.6 is 0 Å². The summed E-state index contributed by atoms with van der Waals surface area (Å²) in [4.78, 5) is 12.8. The number of amides is 1. The summed E-state index contributed by atoms with van der Waals surface area (Å²) in [5.41, 5.74) is 31.2. The average Bonchev–Trinajstić information content (AvgIpc) is 3.51. The average molecular weight is 836 g/mol. The highest BCUT2D eigenvalue weighted by atomic mass is 19.1. The van der Waals surface area contributed by atoms with Gasteiger partial charge in [-0.2, -0.15) is 0 Å². The van der Waals surface area contributed by atoms with Crippen molar-refractivity contribution in [1.29, 1.82) is 0 Å². The molecule has 1 aromatic rings. The van der Waals surface area contributed by atoms with Gasteiger partial charge in [-0.05, 0) is 44.3 Å². The van der Waals surface area contributed by atoms with Crippen molar-refractivity contribution in [2.75, 3.05) is 32.9 Å². The minimum atomic E-state index is -1.80. The van der Waals surface area contributed by atoms with Crippen LogP contribution in [0.15, 0.2) is 30.3 Å². The number of ether oxygens (including phenoxy) is 6. The lowest BCUT2D eigenvalue weighted by Gasteiger charge is -2.48. The molecule has 332 valence electrons. The third-order valence-electron chi connectivity index (χ3n) is 11.1. The molecule has 0 aromatic heterocycles. The van der Waals surface area contributed by atoms with Gasteiger partial charge in [-0.3, -0.25) is 4.79 Å². The Morgan fingerprint density at radius 1 is 0.776 bits per heavy atom. The predicted octanol–water partition coefficient (Wildman–Crippen LogP) is -6.79. The van der Waals surface area contributed by atoms with Gasteiger partial charge in [0.2, 0.25) is 5.91 Å². The van der Waals surface area contributed by atoms with Crippen LogP contribution in [-0.4, -0.2) is 197 Å². The molecule has 1 amide bonds. The number of halogens is 1. The lowest BCUT2D eigenvalue weighted by molar-refractivity contribution is -0.307. The van der Waals surface area contributed by atoms with Gasteiger partial charge in [0.1, 0.15) is 86.0 Å². The van der Waals surface area contributed by atoms with E-state index in [1.807, 2.05) is 30.3 Å². The molecule has 1 aromatic carbocycles. The Balaban J connectivity index is 1.31. The highest BCUT2D eigenvalue weighted by Gasteiger charge is 2.55. The first kappa shape index (κ1) is 46.9. The number of aryl methyl sites for hydroxylation is 1. The Kier molecular flexibility index (Phi) is 17.5. The maximum absolute atomic E-state index is 14.4. The summed E-state index contributed by atoms with van der Waals surface area (Å²) in [7, 11) is 0. The van der Waals surface area contributed by atoms with Crippen LogP contribution in [0.1, 0.15) is 24.8 Å². The predicted molar refractivity (Wildman–Crippen MR) is 199 cm³/mol. The molecule has 0 spiro atoms. The Morgan fingerprint density at radius 3 is 1.98 bits per heavy atom. The molecule has 19 N–H and O–H groups in total. The van der Waals surface area contributed by atoms with Gasteiger partial charge in [0.25, 0.3) is 0 Å². The zero-order chi connectivity index (χ0) is 42.3. The monoisotopic (exact) mass is 835 g/mol. The SMILES string of the molecule is NCC[C@H](O)C(=O)N[C@@H]1C[C@H](N)[C@@H](O[C@H]2O[C@H](CNCCCc3ccccc3)[C@@H](O)[C@H](O)[C@H]2N)[C@H](O[C@@H]2O[C@H](CF)[C@@H](O[C@H]3O[C@@H](CN)[C@@H](O)[C@H](O)[C@H]3N)[C@H]2O)[C@H]1O. The van der Waals surface area contributed by atoms with Crippen LogP contribution in [0.3, 0.4) is 0 Å². The third-order valence-corrected chi connectivity index (χ3v) is 11.1. The van der Waals surface area contributed by atoms with E-state index in [4.69, 9.17) is 57.1 Å². The van der Waals surface area contributed by atoms with Crippen molar-refractivity contribution >= 4 is 5.91 Å². The second kappa shape index (κ2) is 21.6. The van der Waals surface area contributed by atoms with Crippen LogP contribution < -0.4 is 39.3 Å². The van der Waals surface area contributed by atoms with Crippen molar-refractivity contribution in [2.45, 2.75) is 148 Å². The number of carbonyl (C=O) groups is 1. The first-order valence-electron chi connectivity index (χ1n) is 19.7. The molecule has 1 aliphatic carbocycles. The van der Waals surface area contributed by atoms with Gasteiger partial charge in [0.05, 0.1) is 18.1 Å². The van der Waals surface area contributed by atoms with E-state index >= 15 is 0 Å². The molecule has 0 radical (unpaired) electrons. The maximum Gasteiger partial charge on any atom is 0.249 e. The van der Waals surface area contributed by atoms with E-state index in [0.717, 1.165) is 18.4 Å². The van der Waals surface area contributed by atoms with Crippen LogP contribution in [0.25, 0.3) is 0 Å². The van der Waals surface area contributed by atoms with E-state index in [1.165, 1.54) is 0 Å². The first-order valence-corrected chi connectivity index (χ1v) is 19.7. The smallest absolute Gasteiger partial charge is 0.249 e. The molecule has 4 fully saturated rings. The molecule has 20 atom stereocenters. The van der Waals surface area contributed by atoms with Crippen LogP contribution in [0.5, 0.6) is 0 Å². The number of nitrogens with two attached hydrogens (primary N) is 5. The molecule has 3 heterocycles. The van der Waals surface area contributed by atoms with Crippen LogP contribution in [0.4, 0.5) is 4.39 Å². The van der Waals surface area contributed by atoms with Gasteiger partial charge in [-0.15, -0.1) is 0 Å². The summed E-state index contributed by atoms with van der Waals surface area (Å²) in [5.74, 6) is -0.858.